The molecule has 114 valence electrons. The van der Waals surface area contributed by atoms with Crippen LogP contribution in [0.3, 0.4) is 0 Å². The van der Waals surface area contributed by atoms with Crippen molar-refractivity contribution in [2.45, 2.75) is 37.8 Å². The van der Waals surface area contributed by atoms with Crippen LogP contribution in [0.4, 0.5) is 10.5 Å². The van der Waals surface area contributed by atoms with Crippen LogP contribution in [-0.4, -0.2) is 39.5 Å². The van der Waals surface area contributed by atoms with E-state index in [1.807, 2.05) is 0 Å². The van der Waals surface area contributed by atoms with Crippen molar-refractivity contribution in [3.05, 3.63) is 23.8 Å². The Hall–Kier alpha value is -2.28. The van der Waals surface area contributed by atoms with Crippen LogP contribution in [0.5, 0.6) is 5.75 Å². The number of urea groups is 1. The Morgan fingerprint density at radius 2 is 1.81 bits per heavy atom. The minimum Gasteiger partial charge on any atom is -0.508 e. The molecule has 0 spiro atoms. The molecule has 21 heavy (non-hydrogen) atoms. The number of hydrogen-bond acceptors (Lipinski definition) is 4. The minimum atomic E-state index is -1.23. The van der Waals surface area contributed by atoms with Gasteiger partial charge in [0, 0.05) is 6.04 Å². The van der Waals surface area contributed by atoms with E-state index in [4.69, 9.17) is 5.11 Å². The zero-order valence-corrected chi connectivity index (χ0v) is 11.4. The van der Waals surface area contributed by atoms with Crippen molar-refractivity contribution in [1.82, 2.24) is 5.32 Å². The van der Waals surface area contributed by atoms with Crippen LogP contribution in [0, 0.1) is 0 Å². The molecule has 1 fully saturated rings. The third-order valence-electron chi connectivity index (χ3n) is 3.51. The fourth-order valence-electron chi connectivity index (χ4n) is 2.38. The number of carbonyl (C=O) groups is 2. The molecule has 0 heterocycles. The van der Waals surface area contributed by atoms with E-state index >= 15 is 0 Å². The molecular weight excluding hydrogens is 276 g/mol. The summed E-state index contributed by atoms with van der Waals surface area (Å²) in [7, 11) is 0. The number of nitrogens with one attached hydrogen (secondary N) is 2. The summed E-state index contributed by atoms with van der Waals surface area (Å²) in [5.41, 5.74) is -0.0575. The van der Waals surface area contributed by atoms with Gasteiger partial charge in [0.15, 0.2) is 0 Å². The molecule has 7 heteroatoms. The summed E-state index contributed by atoms with van der Waals surface area (Å²) in [6, 6.07) is 3.19. The lowest BCUT2D eigenvalue weighted by Gasteiger charge is -2.26. The summed E-state index contributed by atoms with van der Waals surface area (Å²) in [4.78, 5) is 23.0. The van der Waals surface area contributed by atoms with Crippen LogP contribution in [-0.2, 0) is 0 Å². The zero-order chi connectivity index (χ0) is 15.4. The van der Waals surface area contributed by atoms with Crippen molar-refractivity contribution in [2.75, 3.05) is 5.32 Å². The number of carboxylic acids is 1. The van der Waals surface area contributed by atoms with Crippen LogP contribution in [0.15, 0.2) is 18.2 Å². The van der Waals surface area contributed by atoms with Gasteiger partial charge in [0.25, 0.3) is 0 Å². The van der Waals surface area contributed by atoms with Crippen molar-refractivity contribution in [1.29, 1.82) is 0 Å². The number of benzene rings is 1. The quantitative estimate of drug-likeness (QED) is 0.541. The second-order valence-corrected chi connectivity index (χ2v) is 5.14. The normalized spacial score (nSPS) is 21.6. The molecule has 5 N–H and O–H groups in total. The number of aromatic carboxylic acids is 1. The maximum absolute atomic E-state index is 11.9. The Kier molecular flexibility index (Phi) is 4.64. The number of carbonyl (C=O) groups excluding carboxylic acids is 1. The molecule has 0 bridgehead atoms. The summed E-state index contributed by atoms with van der Waals surface area (Å²) >= 11 is 0. The van der Waals surface area contributed by atoms with Crippen LogP contribution in [0.2, 0.25) is 0 Å². The van der Waals surface area contributed by atoms with Crippen molar-refractivity contribution in [3.63, 3.8) is 0 Å². The first-order chi connectivity index (χ1) is 9.95. The number of phenols is 1. The third-order valence-corrected chi connectivity index (χ3v) is 3.51. The lowest BCUT2D eigenvalue weighted by Crippen LogP contribution is -2.41. The molecule has 1 aliphatic carbocycles. The van der Waals surface area contributed by atoms with Gasteiger partial charge in [0.2, 0.25) is 0 Å². The lowest BCUT2D eigenvalue weighted by atomic mass is 9.93. The third kappa shape index (κ3) is 4.09. The highest BCUT2D eigenvalue weighted by molar-refractivity contribution is 6.00. The Morgan fingerprint density at radius 3 is 2.43 bits per heavy atom. The van der Waals surface area contributed by atoms with Gasteiger partial charge in [-0.2, -0.15) is 0 Å². The fraction of sp³-hybridized carbons (Fsp3) is 0.429. The van der Waals surface area contributed by atoms with Gasteiger partial charge in [-0.3, -0.25) is 0 Å². The molecular formula is C14H18N2O5. The topological polar surface area (TPSA) is 119 Å². The number of anilines is 1. The fourth-order valence-corrected chi connectivity index (χ4v) is 2.38. The first kappa shape index (κ1) is 15.1. The predicted octanol–water partition coefficient (Wildman–Crippen LogP) is 1.52. The van der Waals surface area contributed by atoms with E-state index in [-0.39, 0.29) is 29.1 Å². The molecule has 0 atom stereocenters. The highest BCUT2D eigenvalue weighted by atomic mass is 16.4. The van der Waals surface area contributed by atoms with Gasteiger partial charge in [-0.1, -0.05) is 0 Å². The Bertz CT molecular complexity index is 538. The monoisotopic (exact) mass is 294 g/mol. The second-order valence-electron chi connectivity index (χ2n) is 5.14. The smallest absolute Gasteiger partial charge is 0.337 e. The van der Waals surface area contributed by atoms with E-state index in [1.54, 1.807) is 0 Å². The second kappa shape index (κ2) is 6.45. The average Bonchev–Trinajstić information content (AvgIpc) is 2.43. The summed E-state index contributed by atoms with van der Waals surface area (Å²) in [6.07, 6.45) is 2.36. The molecule has 1 aliphatic rings. The summed E-state index contributed by atoms with van der Waals surface area (Å²) in [5.74, 6) is -1.42. The first-order valence-corrected chi connectivity index (χ1v) is 6.77. The molecule has 2 rings (SSSR count). The molecule has 2 amide bonds. The van der Waals surface area contributed by atoms with Gasteiger partial charge < -0.3 is 26.0 Å². The number of aliphatic hydroxyl groups excluding tert-OH is 1. The molecule has 1 aromatic rings. The molecule has 1 saturated carbocycles. The molecule has 1 aromatic carbocycles. The van der Waals surface area contributed by atoms with Crippen LogP contribution >= 0.6 is 0 Å². The summed E-state index contributed by atoms with van der Waals surface area (Å²) in [6.45, 7) is 0. The summed E-state index contributed by atoms with van der Waals surface area (Å²) < 4.78 is 0. The number of amides is 2. The summed E-state index contributed by atoms with van der Waals surface area (Å²) in [5, 5.41) is 33.0. The largest absolute Gasteiger partial charge is 0.508 e. The minimum absolute atomic E-state index is 0.0289. The standard InChI is InChI=1S/C14H18N2O5/c17-9-3-1-8(2-4-9)15-14(21)16-12-6-5-10(18)7-11(12)13(19)20/h5-9,17-18H,1-4H2,(H,19,20)(H2,15,16,21). The average molecular weight is 294 g/mol. The van der Waals surface area contributed by atoms with E-state index in [0.717, 1.165) is 6.07 Å². The molecule has 0 aromatic heterocycles. The maximum Gasteiger partial charge on any atom is 0.337 e. The Balaban J connectivity index is 1.98. The maximum atomic E-state index is 11.9. The van der Waals surface area contributed by atoms with E-state index in [1.165, 1.54) is 12.1 Å². The van der Waals surface area contributed by atoms with E-state index in [2.05, 4.69) is 10.6 Å². The molecule has 0 radical (unpaired) electrons. The molecule has 0 unspecified atom stereocenters. The highest BCUT2D eigenvalue weighted by Crippen LogP contribution is 2.22. The SMILES string of the molecule is O=C(Nc1ccc(O)cc1C(=O)O)NC1CCC(O)CC1. The van der Waals surface area contributed by atoms with Crippen molar-refractivity contribution in [2.24, 2.45) is 0 Å². The van der Waals surface area contributed by atoms with E-state index in [0.29, 0.717) is 25.7 Å². The van der Waals surface area contributed by atoms with Crippen molar-refractivity contribution >= 4 is 17.7 Å². The van der Waals surface area contributed by atoms with Crippen molar-refractivity contribution in [3.8, 4) is 5.75 Å². The Labute approximate surface area is 121 Å². The number of carboxylic acid groups (broad SMARTS) is 1. The van der Waals surface area contributed by atoms with Gasteiger partial charge in [-0.15, -0.1) is 0 Å². The molecule has 7 nitrogen and oxygen atoms in total. The predicted molar refractivity (Wildman–Crippen MR) is 75.5 cm³/mol. The van der Waals surface area contributed by atoms with Crippen LogP contribution in [0.25, 0.3) is 0 Å². The lowest BCUT2D eigenvalue weighted by molar-refractivity contribution is 0.0697. The highest BCUT2D eigenvalue weighted by Gasteiger charge is 2.21. The molecule has 0 aliphatic heterocycles. The molecule has 0 saturated heterocycles. The number of aromatic hydroxyl groups is 1. The first-order valence-electron chi connectivity index (χ1n) is 6.77. The zero-order valence-electron chi connectivity index (χ0n) is 11.4. The number of rotatable bonds is 3. The Morgan fingerprint density at radius 1 is 1.14 bits per heavy atom. The van der Waals surface area contributed by atoms with Crippen molar-refractivity contribution < 1.29 is 24.9 Å². The van der Waals surface area contributed by atoms with Crippen LogP contribution in [0.1, 0.15) is 36.0 Å². The number of hydrogen-bond donors (Lipinski definition) is 5. The van der Waals surface area contributed by atoms with Crippen LogP contribution < -0.4 is 10.6 Å². The van der Waals surface area contributed by atoms with Gasteiger partial charge in [0.05, 0.1) is 17.4 Å². The van der Waals surface area contributed by atoms with Gasteiger partial charge >= 0.3 is 12.0 Å². The van der Waals surface area contributed by atoms with Gasteiger partial charge in [0.1, 0.15) is 5.75 Å². The van der Waals surface area contributed by atoms with E-state index < -0.39 is 12.0 Å². The number of phenolic OH excluding ortho intramolecular Hbond substituents is 1. The van der Waals surface area contributed by atoms with Gasteiger partial charge in [-0.25, -0.2) is 9.59 Å². The van der Waals surface area contributed by atoms with E-state index in [9.17, 15) is 19.8 Å². The van der Waals surface area contributed by atoms with Gasteiger partial charge in [-0.05, 0) is 43.9 Å². The number of aliphatic hydroxyl groups is 1.